The number of rotatable bonds is 4. The summed E-state index contributed by atoms with van der Waals surface area (Å²) in [6.45, 7) is 15.6. The SMILES string of the molecule is Cc1sc2nc(S[C@H](C)C(=O)NC(C)(C)C)n(C(C)C)c(=O)c2c1C. The third-order valence-corrected chi connectivity index (χ3v) is 6.04. The van der Waals surface area contributed by atoms with E-state index in [1.165, 1.54) is 23.1 Å². The fraction of sp³-hybridized carbons (Fsp3) is 0.611. The lowest BCUT2D eigenvalue weighted by atomic mass is 10.1. The molecule has 0 saturated heterocycles. The normalized spacial score (nSPS) is 13.5. The van der Waals surface area contributed by atoms with Gasteiger partial charge in [0.1, 0.15) is 4.83 Å². The van der Waals surface area contributed by atoms with Gasteiger partial charge in [-0.1, -0.05) is 11.8 Å². The molecule has 2 rings (SSSR count). The highest BCUT2D eigenvalue weighted by atomic mass is 32.2. The summed E-state index contributed by atoms with van der Waals surface area (Å²) in [6.07, 6.45) is 0. The molecule has 138 valence electrons. The molecule has 0 radical (unpaired) electrons. The second-order valence-electron chi connectivity index (χ2n) is 7.63. The van der Waals surface area contributed by atoms with Crippen LogP contribution in [-0.4, -0.2) is 26.2 Å². The van der Waals surface area contributed by atoms with E-state index in [2.05, 4.69) is 5.32 Å². The molecule has 5 nitrogen and oxygen atoms in total. The first-order chi connectivity index (χ1) is 11.4. The lowest BCUT2D eigenvalue weighted by Crippen LogP contribution is -2.44. The number of nitrogens with one attached hydrogen (secondary N) is 1. The van der Waals surface area contributed by atoms with Crippen LogP contribution < -0.4 is 10.9 Å². The quantitative estimate of drug-likeness (QED) is 0.641. The first-order valence-electron chi connectivity index (χ1n) is 8.43. The minimum absolute atomic E-state index is 0.0206. The van der Waals surface area contributed by atoms with E-state index in [0.717, 1.165) is 15.3 Å². The molecule has 0 spiro atoms. The summed E-state index contributed by atoms with van der Waals surface area (Å²) < 4.78 is 1.70. The van der Waals surface area contributed by atoms with Crippen LogP contribution in [0.2, 0.25) is 0 Å². The Morgan fingerprint density at radius 1 is 1.24 bits per heavy atom. The highest BCUT2D eigenvalue weighted by Crippen LogP contribution is 2.30. The van der Waals surface area contributed by atoms with E-state index < -0.39 is 0 Å². The van der Waals surface area contributed by atoms with E-state index in [1.54, 1.807) is 4.57 Å². The fourth-order valence-corrected chi connectivity index (χ4v) is 4.62. The van der Waals surface area contributed by atoms with Gasteiger partial charge in [0.25, 0.3) is 5.56 Å². The molecule has 7 heteroatoms. The van der Waals surface area contributed by atoms with Crippen molar-refractivity contribution in [3.63, 3.8) is 0 Å². The number of amides is 1. The van der Waals surface area contributed by atoms with Gasteiger partial charge in [0, 0.05) is 16.5 Å². The number of carbonyl (C=O) groups excluding carboxylic acids is 1. The van der Waals surface area contributed by atoms with E-state index in [1.807, 2.05) is 55.4 Å². The zero-order chi connectivity index (χ0) is 19.1. The minimum Gasteiger partial charge on any atom is -0.351 e. The number of fused-ring (bicyclic) bond motifs is 1. The second-order valence-corrected chi connectivity index (χ2v) is 10.1. The number of aryl methyl sites for hydroxylation is 2. The largest absolute Gasteiger partial charge is 0.351 e. The highest BCUT2D eigenvalue weighted by molar-refractivity contribution is 8.00. The van der Waals surface area contributed by atoms with Crippen LogP contribution in [0.25, 0.3) is 10.2 Å². The number of nitrogens with zero attached hydrogens (tertiary/aromatic N) is 2. The topological polar surface area (TPSA) is 64.0 Å². The monoisotopic (exact) mass is 381 g/mol. The molecule has 0 bridgehead atoms. The Labute approximate surface area is 157 Å². The summed E-state index contributed by atoms with van der Waals surface area (Å²) in [5, 5.41) is 3.95. The Morgan fingerprint density at radius 2 is 1.84 bits per heavy atom. The average Bonchev–Trinajstić information content (AvgIpc) is 2.71. The molecule has 2 aromatic rings. The number of hydrogen-bond donors (Lipinski definition) is 1. The van der Waals surface area contributed by atoms with Crippen molar-refractivity contribution in [1.82, 2.24) is 14.9 Å². The van der Waals surface area contributed by atoms with Crippen molar-refractivity contribution >= 4 is 39.2 Å². The number of thiophene rings is 1. The third-order valence-electron chi connectivity index (χ3n) is 3.87. The maximum absolute atomic E-state index is 13.0. The van der Waals surface area contributed by atoms with Gasteiger partial charge in [-0.15, -0.1) is 11.3 Å². The number of aromatic nitrogens is 2. The number of thioether (sulfide) groups is 1. The Kier molecular flexibility index (Phi) is 5.68. The summed E-state index contributed by atoms with van der Waals surface area (Å²) in [6, 6.07) is -0.0237. The van der Waals surface area contributed by atoms with E-state index >= 15 is 0 Å². The number of hydrogen-bond acceptors (Lipinski definition) is 5. The molecule has 0 aliphatic heterocycles. The first-order valence-corrected chi connectivity index (χ1v) is 10.1. The molecule has 0 fully saturated rings. The van der Waals surface area contributed by atoms with Crippen molar-refractivity contribution in [2.75, 3.05) is 0 Å². The Bertz CT molecular complexity index is 860. The molecule has 0 unspecified atom stereocenters. The van der Waals surface area contributed by atoms with Crippen LogP contribution in [-0.2, 0) is 4.79 Å². The molecule has 1 atom stereocenters. The van der Waals surface area contributed by atoms with Crippen LogP contribution in [0.3, 0.4) is 0 Å². The summed E-state index contributed by atoms with van der Waals surface area (Å²) in [5.74, 6) is -0.0549. The van der Waals surface area contributed by atoms with Gasteiger partial charge in [0.05, 0.1) is 10.6 Å². The fourth-order valence-electron chi connectivity index (χ4n) is 2.51. The van der Waals surface area contributed by atoms with E-state index in [4.69, 9.17) is 4.98 Å². The molecule has 2 aromatic heterocycles. The van der Waals surface area contributed by atoms with Crippen molar-refractivity contribution in [1.29, 1.82) is 0 Å². The molecule has 1 amide bonds. The van der Waals surface area contributed by atoms with Crippen LogP contribution in [0.1, 0.15) is 58.0 Å². The third kappa shape index (κ3) is 4.26. The van der Waals surface area contributed by atoms with Crippen LogP contribution in [0, 0.1) is 13.8 Å². The van der Waals surface area contributed by atoms with Crippen LogP contribution in [0.15, 0.2) is 9.95 Å². The summed E-state index contributed by atoms with van der Waals surface area (Å²) in [4.78, 5) is 32.0. The Balaban J connectivity index is 2.49. The maximum Gasteiger partial charge on any atom is 0.263 e. The molecule has 0 saturated carbocycles. The van der Waals surface area contributed by atoms with Gasteiger partial charge in [-0.3, -0.25) is 14.2 Å². The van der Waals surface area contributed by atoms with Crippen LogP contribution >= 0.6 is 23.1 Å². The van der Waals surface area contributed by atoms with E-state index in [9.17, 15) is 9.59 Å². The molecule has 25 heavy (non-hydrogen) atoms. The Hall–Kier alpha value is -1.34. The molecule has 1 N–H and O–H groups in total. The summed E-state index contributed by atoms with van der Waals surface area (Å²) in [5.41, 5.74) is 0.693. The van der Waals surface area contributed by atoms with Crippen molar-refractivity contribution in [3.05, 3.63) is 20.8 Å². The van der Waals surface area contributed by atoms with Gasteiger partial charge >= 0.3 is 0 Å². The molecule has 0 aromatic carbocycles. The average molecular weight is 382 g/mol. The van der Waals surface area contributed by atoms with Crippen molar-refractivity contribution in [2.24, 2.45) is 0 Å². The summed E-state index contributed by atoms with van der Waals surface area (Å²) in [7, 11) is 0. The zero-order valence-corrected chi connectivity index (χ0v) is 17.8. The molecule has 0 aliphatic carbocycles. The molecule has 0 aliphatic rings. The minimum atomic E-state index is -0.337. The van der Waals surface area contributed by atoms with Crippen molar-refractivity contribution in [3.8, 4) is 0 Å². The maximum atomic E-state index is 13.0. The zero-order valence-electron chi connectivity index (χ0n) is 16.2. The van der Waals surface area contributed by atoms with Gasteiger partial charge in [-0.25, -0.2) is 4.98 Å². The summed E-state index contributed by atoms with van der Waals surface area (Å²) >= 11 is 2.87. The van der Waals surface area contributed by atoms with Crippen LogP contribution in [0.5, 0.6) is 0 Å². The Morgan fingerprint density at radius 3 is 2.36 bits per heavy atom. The van der Waals surface area contributed by atoms with E-state index in [-0.39, 0.29) is 28.3 Å². The van der Waals surface area contributed by atoms with Gasteiger partial charge in [0.2, 0.25) is 5.91 Å². The predicted molar refractivity (Wildman–Crippen MR) is 107 cm³/mol. The van der Waals surface area contributed by atoms with E-state index in [0.29, 0.717) is 10.5 Å². The first kappa shape index (κ1) is 20.0. The predicted octanol–water partition coefficient (Wildman–Crippen LogP) is 4.05. The highest BCUT2D eigenvalue weighted by Gasteiger charge is 2.24. The molecular formula is C18H27N3O2S2. The lowest BCUT2D eigenvalue weighted by Gasteiger charge is -2.23. The smallest absolute Gasteiger partial charge is 0.263 e. The number of carbonyl (C=O) groups is 1. The van der Waals surface area contributed by atoms with Crippen molar-refractivity contribution < 1.29 is 4.79 Å². The molecule has 2 heterocycles. The second kappa shape index (κ2) is 7.11. The standard InChI is InChI=1S/C18H27N3O2S2/c1-9(2)21-16(23)13-10(3)11(4)24-15(13)19-17(21)25-12(5)14(22)20-18(6,7)8/h9,12H,1-8H3,(H,20,22)/t12-/m1/s1. The van der Waals surface area contributed by atoms with Gasteiger partial charge in [-0.05, 0) is 61.0 Å². The van der Waals surface area contributed by atoms with Gasteiger partial charge in [0.15, 0.2) is 5.16 Å². The lowest BCUT2D eigenvalue weighted by molar-refractivity contribution is -0.121. The van der Waals surface area contributed by atoms with Gasteiger partial charge < -0.3 is 5.32 Å². The molecular weight excluding hydrogens is 354 g/mol. The van der Waals surface area contributed by atoms with Gasteiger partial charge in [-0.2, -0.15) is 0 Å². The van der Waals surface area contributed by atoms with Crippen LogP contribution in [0.4, 0.5) is 0 Å². The van der Waals surface area contributed by atoms with Crippen molar-refractivity contribution in [2.45, 2.75) is 77.4 Å².